The molecule has 1 aromatic carbocycles. The third kappa shape index (κ3) is 4.76. The maximum Gasteiger partial charge on any atom is 0.251 e. The summed E-state index contributed by atoms with van der Waals surface area (Å²) in [6, 6.07) is 8.21. The number of hydrogen-bond donors (Lipinski definition) is 3. The lowest BCUT2D eigenvalue weighted by Gasteiger charge is -2.17. The van der Waals surface area contributed by atoms with Crippen LogP contribution in [0.4, 0.5) is 0 Å². The molecule has 3 N–H and O–H groups in total. The summed E-state index contributed by atoms with van der Waals surface area (Å²) >= 11 is 0. The molecule has 1 aliphatic rings. The molecule has 1 fully saturated rings. The number of carbonyl (C=O) groups is 1. The van der Waals surface area contributed by atoms with E-state index in [4.69, 9.17) is 0 Å². The molecule has 1 saturated carbocycles. The van der Waals surface area contributed by atoms with Crippen molar-refractivity contribution in [2.75, 3.05) is 13.6 Å². The van der Waals surface area contributed by atoms with E-state index in [9.17, 15) is 4.79 Å². The molecule has 0 saturated heterocycles. The molecule has 0 unspecified atom stereocenters. The summed E-state index contributed by atoms with van der Waals surface area (Å²) in [5.74, 6) is 0.799. The van der Waals surface area contributed by atoms with Crippen LogP contribution in [-0.2, 0) is 6.54 Å². The summed E-state index contributed by atoms with van der Waals surface area (Å²) in [7, 11) is 1.79. The van der Waals surface area contributed by atoms with Crippen LogP contribution >= 0.6 is 0 Å². The van der Waals surface area contributed by atoms with Gasteiger partial charge < -0.3 is 16.0 Å². The van der Waals surface area contributed by atoms with Crippen LogP contribution in [0.5, 0.6) is 0 Å². The number of nitrogens with one attached hydrogen (secondary N) is 3. The van der Waals surface area contributed by atoms with E-state index in [-0.39, 0.29) is 5.91 Å². The van der Waals surface area contributed by atoms with Gasteiger partial charge in [0, 0.05) is 31.7 Å². The minimum absolute atomic E-state index is 0.0298. The van der Waals surface area contributed by atoms with Gasteiger partial charge in [-0.25, -0.2) is 0 Å². The fraction of sp³-hybridized carbons (Fsp3) is 0.529. The maximum absolute atomic E-state index is 11.9. The number of aliphatic imine (C=N–C) groups is 1. The van der Waals surface area contributed by atoms with Crippen LogP contribution in [0.1, 0.15) is 48.5 Å². The van der Waals surface area contributed by atoms with Crippen molar-refractivity contribution in [1.82, 2.24) is 16.0 Å². The molecular weight excluding hydrogens is 276 g/mol. The molecule has 120 valence electrons. The van der Waals surface area contributed by atoms with E-state index in [1.165, 1.54) is 25.7 Å². The predicted octanol–water partition coefficient (Wildman–Crippen LogP) is 2.04. The molecule has 0 radical (unpaired) electrons. The van der Waals surface area contributed by atoms with Crippen LogP contribution in [0.25, 0.3) is 0 Å². The van der Waals surface area contributed by atoms with Gasteiger partial charge in [-0.1, -0.05) is 25.0 Å². The van der Waals surface area contributed by atoms with Crippen molar-refractivity contribution in [2.45, 2.75) is 45.2 Å². The lowest BCUT2D eigenvalue weighted by molar-refractivity contribution is 0.0955. The first-order valence-corrected chi connectivity index (χ1v) is 8.07. The Morgan fingerprint density at radius 2 is 2.05 bits per heavy atom. The van der Waals surface area contributed by atoms with Crippen molar-refractivity contribution in [3.05, 3.63) is 35.4 Å². The van der Waals surface area contributed by atoms with Gasteiger partial charge in [-0.3, -0.25) is 9.79 Å². The lowest BCUT2D eigenvalue weighted by atomic mass is 10.1. The Labute approximate surface area is 132 Å². The van der Waals surface area contributed by atoms with Crippen molar-refractivity contribution in [1.29, 1.82) is 0 Å². The Hall–Kier alpha value is -2.04. The minimum Gasteiger partial charge on any atom is -0.354 e. The summed E-state index contributed by atoms with van der Waals surface area (Å²) < 4.78 is 0. The maximum atomic E-state index is 11.9. The number of nitrogens with zero attached hydrogens (tertiary/aromatic N) is 1. The van der Waals surface area contributed by atoms with Gasteiger partial charge in [-0.05, 0) is 37.5 Å². The summed E-state index contributed by atoms with van der Waals surface area (Å²) in [5, 5.41) is 9.59. The van der Waals surface area contributed by atoms with Gasteiger partial charge in [0.2, 0.25) is 0 Å². The Kier molecular flexibility index (Phi) is 6.25. The number of hydrogen-bond acceptors (Lipinski definition) is 2. The highest BCUT2D eigenvalue weighted by Crippen LogP contribution is 2.17. The highest BCUT2D eigenvalue weighted by Gasteiger charge is 2.15. The predicted molar refractivity (Wildman–Crippen MR) is 90.0 cm³/mol. The van der Waals surface area contributed by atoms with E-state index in [1.807, 2.05) is 31.2 Å². The third-order valence-corrected chi connectivity index (χ3v) is 3.91. The average molecular weight is 302 g/mol. The normalized spacial score (nSPS) is 15.6. The molecule has 1 aliphatic carbocycles. The number of rotatable bonds is 5. The highest BCUT2D eigenvalue weighted by molar-refractivity contribution is 5.94. The topological polar surface area (TPSA) is 65.5 Å². The zero-order valence-corrected chi connectivity index (χ0v) is 13.5. The summed E-state index contributed by atoms with van der Waals surface area (Å²) in [4.78, 5) is 16.1. The number of benzene rings is 1. The summed E-state index contributed by atoms with van der Waals surface area (Å²) in [6.07, 6.45) is 5.02. The quantitative estimate of drug-likeness (QED) is 0.576. The second kappa shape index (κ2) is 8.41. The first kappa shape index (κ1) is 16.3. The lowest BCUT2D eigenvalue weighted by Crippen LogP contribution is -2.41. The molecule has 1 amide bonds. The monoisotopic (exact) mass is 302 g/mol. The molecule has 0 atom stereocenters. The van der Waals surface area contributed by atoms with E-state index < -0.39 is 0 Å². The molecule has 0 spiro atoms. The number of guanidine groups is 1. The Morgan fingerprint density at radius 3 is 2.73 bits per heavy atom. The molecule has 0 bridgehead atoms. The Bertz CT molecular complexity index is 521. The molecule has 0 aliphatic heterocycles. The molecule has 0 heterocycles. The van der Waals surface area contributed by atoms with Crippen LogP contribution in [0, 0.1) is 0 Å². The molecule has 5 nitrogen and oxygen atoms in total. The van der Waals surface area contributed by atoms with E-state index in [2.05, 4.69) is 20.9 Å². The number of amides is 1. The van der Waals surface area contributed by atoms with Gasteiger partial charge in [-0.2, -0.15) is 0 Å². The minimum atomic E-state index is -0.0298. The third-order valence-electron chi connectivity index (χ3n) is 3.91. The second-order valence-electron chi connectivity index (χ2n) is 5.61. The molecular formula is C17H26N4O. The zero-order chi connectivity index (χ0) is 15.8. The molecule has 0 aromatic heterocycles. The molecule has 2 rings (SSSR count). The smallest absolute Gasteiger partial charge is 0.251 e. The van der Waals surface area contributed by atoms with Crippen molar-refractivity contribution in [3.8, 4) is 0 Å². The summed E-state index contributed by atoms with van der Waals surface area (Å²) in [5.41, 5.74) is 1.76. The van der Waals surface area contributed by atoms with Crippen LogP contribution in [0.2, 0.25) is 0 Å². The van der Waals surface area contributed by atoms with E-state index in [0.29, 0.717) is 24.7 Å². The second-order valence-corrected chi connectivity index (χ2v) is 5.61. The first-order valence-electron chi connectivity index (χ1n) is 8.07. The van der Waals surface area contributed by atoms with Gasteiger partial charge >= 0.3 is 0 Å². The largest absolute Gasteiger partial charge is 0.354 e. The van der Waals surface area contributed by atoms with Crippen LogP contribution in [0.3, 0.4) is 0 Å². The fourth-order valence-electron chi connectivity index (χ4n) is 2.73. The highest BCUT2D eigenvalue weighted by atomic mass is 16.1. The molecule has 1 aromatic rings. The van der Waals surface area contributed by atoms with Gasteiger partial charge in [0.05, 0.1) is 0 Å². The van der Waals surface area contributed by atoms with Gasteiger partial charge in [0.15, 0.2) is 5.96 Å². The average Bonchev–Trinajstić information content (AvgIpc) is 3.05. The van der Waals surface area contributed by atoms with Crippen molar-refractivity contribution >= 4 is 11.9 Å². The van der Waals surface area contributed by atoms with Crippen LogP contribution in [0.15, 0.2) is 29.3 Å². The first-order chi connectivity index (χ1) is 10.7. The van der Waals surface area contributed by atoms with Gasteiger partial charge in [-0.15, -0.1) is 0 Å². The van der Waals surface area contributed by atoms with Crippen molar-refractivity contribution < 1.29 is 4.79 Å². The number of carbonyl (C=O) groups excluding carboxylic acids is 1. The van der Waals surface area contributed by atoms with E-state index in [1.54, 1.807) is 7.05 Å². The van der Waals surface area contributed by atoms with Crippen molar-refractivity contribution in [2.24, 2.45) is 4.99 Å². The fourth-order valence-corrected chi connectivity index (χ4v) is 2.73. The molecule has 5 heteroatoms. The Morgan fingerprint density at radius 1 is 1.27 bits per heavy atom. The van der Waals surface area contributed by atoms with E-state index >= 15 is 0 Å². The summed E-state index contributed by atoms with van der Waals surface area (Å²) in [6.45, 7) is 3.21. The standard InChI is InChI=1S/C17H26N4O/c1-3-19-16(22)14-8-6-7-13(11-14)12-20-17(18-2)21-15-9-4-5-10-15/h6-8,11,15H,3-5,9-10,12H2,1-2H3,(H,19,22)(H2,18,20,21). The molecule has 22 heavy (non-hydrogen) atoms. The van der Waals surface area contributed by atoms with Gasteiger partial charge in [0.25, 0.3) is 5.91 Å². The van der Waals surface area contributed by atoms with Crippen LogP contribution in [-0.4, -0.2) is 31.5 Å². The van der Waals surface area contributed by atoms with Crippen LogP contribution < -0.4 is 16.0 Å². The Balaban J connectivity index is 1.89. The van der Waals surface area contributed by atoms with E-state index in [0.717, 1.165) is 11.5 Å². The zero-order valence-electron chi connectivity index (χ0n) is 13.5. The van der Waals surface area contributed by atoms with Gasteiger partial charge in [0.1, 0.15) is 0 Å². The SMILES string of the molecule is CCNC(=O)c1cccc(CNC(=NC)NC2CCCC2)c1. The van der Waals surface area contributed by atoms with Crippen molar-refractivity contribution in [3.63, 3.8) is 0 Å².